The van der Waals surface area contributed by atoms with Crippen LogP contribution in [-0.4, -0.2) is 16.3 Å². The van der Waals surface area contributed by atoms with E-state index >= 15 is 0 Å². The molecule has 6 heteroatoms. The predicted octanol–water partition coefficient (Wildman–Crippen LogP) is 4.10. The van der Waals surface area contributed by atoms with Gasteiger partial charge in [-0.15, -0.1) is 11.3 Å². The number of thiophene rings is 1. The van der Waals surface area contributed by atoms with Crippen LogP contribution in [0.3, 0.4) is 0 Å². The molecule has 0 saturated carbocycles. The lowest BCUT2D eigenvalue weighted by Crippen LogP contribution is -2.25. The molecular weight excluding hydrogens is 378 g/mol. The average molecular weight is 393 g/mol. The van der Waals surface area contributed by atoms with Crippen LogP contribution in [0.5, 0.6) is 0 Å². The fourth-order valence-corrected chi connectivity index (χ4v) is 3.66. The first-order valence-electron chi connectivity index (χ1n) is 5.78. The highest BCUT2D eigenvalue weighted by Gasteiger charge is 2.21. The van der Waals surface area contributed by atoms with E-state index in [1.54, 1.807) is 11.3 Å². The summed E-state index contributed by atoms with van der Waals surface area (Å²) in [5.74, 6) is 0. The third-order valence-electron chi connectivity index (χ3n) is 2.73. The number of nitrogens with zero attached hydrogens (tertiary/aromatic N) is 2. The smallest absolute Gasteiger partial charge is 0.0768 e. The topological polar surface area (TPSA) is 29.9 Å². The van der Waals surface area contributed by atoms with Gasteiger partial charge in [0, 0.05) is 7.05 Å². The molecule has 2 aromatic heterocycles. The summed E-state index contributed by atoms with van der Waals surface area (Å²) in [6.07, 6.45) is 2.95. The summed E-state index contributed by atoms with van der Waals surface area (Å²) in [5, 5.41) is 10.1. The number of hydrogen-bond acceptors (Lipinski definition) is 3. The molecule has 3 nitrogen and oxygen atoms in total. The highest BCUT2D eigenvalue weighted by atomic mass is 79.9. The second kappa shape index (κ2) is 6.32. The van der Waals surface area contributed by atoms with E-state index in [1.807, 2.05) is 17.9 Å². The van der Waals surface area contributed by atoms with Crippen LogP contribution >= 0.6 is 43.2 Å². The fourth-order valence-electron chi connectivity index (χ4n) is 1.88. The quantitative estimate of drug-likeness (QED) is 0.830. The average Bonchev–Trinajstić information content (AvgIpc) is 2.90. The van der Waals surface area contributed by atoms with E-state index in [0.29, 0.717) is 0 Å². The number of aromatic nitrogens is 2. The Morgan fingerprint density at radius 2 is 2.28 bits per heavy atom. The molecule has 2 heterocycles. The lowest BCUT2D eigenvalue weighted by molar-refractivity contribution is 0.553. The summed E-state index contributed by atoms with van der Waals surface area (Å²) in [4.78, 5) is 0. The zero-order chi connectivity index (χ0) is 13.1. The molecule has 1 atom stereocenters. The Kier molecular flexibility index (Phi) is 5.00. The zero-order valence-corrected chi connectivity index (χ0v) is 14.3. The van der Waals surface area contributed by atoms with Gasteiger partial charge < -0.3 is 5.32 Å². The molecule has 0 aliphatic heterocycles. The summed E-state index contributed by atoms with van der Waals surface area (Å²) >= 11 is 8.81. The van der Waals surface area contributed by atoms with E-state index in [9.17, 15) is 0 Å². The first-order chi connectivity index (χ1) is 8.63. The Balaban J connectivity index is 2.36. The summed E-state index contributed by atoms with van der Waals surface area (Å²) in [6.45, 7) is 3.15. The molecule has 0 aliphatic rings. The van der Waals surface area contributed by atoms with E-state index < -0.39 is 0 Å². The second-order valence-corrected chi connectivity index (χ2v) is 7.22. The zero-order valence-electron chi connectivity index (χ0n) is 10.3. The molecular formula is C12H15Br2N3S. The molecule has 1 unspecified atom stereocenters. The van der Waals surface area contributed by atoms with Gasteiger partial charge in [0.1, 0.15) is 0 Å². The predicted molar refractivity (Wildman–Crippen MR) is 83.1 cm³/mol. The maximum absolute atomic E-state index is 4.30. The molecule has 0 spiro atoms. The highest BCUT2D eigenvalue weighted by molar-refractivity contribution is 9.11. The second-order valence-electron chi connectivity index (χ2n) is 4.07. The van der Waals surface area contributed by atoms with Crippen molar-refractivity contribution in [3.63, 3.8) is 0 Å². The van der Waals surface area contributed by atoms with Gasteiger partial charge in [-0.05, 0) is 61.8 Å². The van der Waals surface area contributed by atoms with Crippen molar-refractivity contribution in [1.82, 2.24) is 15.1 Å². The summed E-state index contributed by atoms with van der Waals surface area (Å²) < 4.78 is 4.11. The van der Waals surface area contributed by atoms with Crippen LogP contribution in [0.4, 0.5) is 0 Å². The number of nitrogens with one attached hydrogen (secondary N) is 1. The molecule has 0 radical (unpaired) electrons. The van der Waals surface area contributed by atoms with Gasteiger partial charge in [0.15, 0.2) is 0 Å². The molecule has 0 fully saturated rings. The van der Waals surface area contributed by atoms with Crippen LogP contribution in [0.25, 0.3) is 0 Å². The summed E-state index contributed by atoms with van der Waals surface area (Å²) in [6, 6.07) is 2.34. The molecule has 18 heavy (non-hydrogen) atoms. The largest absolute Gasteiger partial charge is 0.305 e. The molecule has 1 N–H and O–H groups in total. The van der Waals surface area contributed by atoms with E-state index in [1.165, 1.54) is 5.56 Å². The molecule has 0 amide bonds. The summed E-state index contributed by atoms with van der Waals surface area (Å²) in [7, 11) is 1.97. The maximum atomic E-state index is 4.30. The molecule has 0 bridgehead atoms. The van der Waals surface area contributed by atoms with Crippen molar-refractivity contribution in [2.24, 2.45) is 7.05 Å². The van der Waals surface area contributed by atoms with Crippen LogP contribution in [0.2, 0.25) is 0 Å². The van der Waals surface area contributed by atoms with Crippen molar-refractivity contribution in [3.8, 4) is 0 Å². The van der Waals surface area contributed by atoms with Crippen molar-refractivity contribution in [1.29, 1.82) is 0 Å². The van der Waals surface area contributed by atoms with Crippen molar-refractivity contribution >= 4 is 43.2 Å². The number of aryl methyl sites for hydroxylation is 1. The third-order valence-corrected chi connectivity index (χ3v) is 4.86. The van der Waals surface area contributed by atoms with E-state index in [2.05, 4.69) is 60.6 Å². The minimum atomic E-state index is 0.175. The number of hydrogen-bond donors (Lipinski definition) is 1. The molecule has 0 saturated heterocycles. The fraction of sp³-hybridized carbons (Fsp3) is 0.417. The molecule has 98 valence electrons. The molecule has 2 rings (SSSR count). The van der Waals surface area contributed by atoms with Crippen molar-refractivity contribution in [2.75, 3.05) is 6.54 Å². The van der Waals surface area contributed by atoms with Crippen LogP contribution in [-0.2, 0) is 7.05 Å². The lowest BCUT2D eigenvalue weighted by Gasteiger charge is -2.18. The SMILES string of the molecule is CCCNC(c1csc(Br)c1)c1c(Br)cnn1C. The van der Waals surface area contributed by atoms with Crippen molar-refractivity contribution in [2.45, 2.75) is 19.4 Å². The van der Waals surface area contributed by atoms with Gasteiger partial charge in [0.25, 0.3) is 0 Å². The Morgan fingerprint density at radius 1 is 1.50 bits per heavy atom. The van der Waals surface area contributed by atoms with Crippen LogP contribution in [0.1, 0.15) is 30.6 Å². The Bertz CT molecular complexity index is 502. The normalized spacial score (nSPS) is 12.9. The van der Waals surface area contributed by atoms with Gasteiger partial charge in [-0.3, -0.25) is 4.68 Å². The number of rotatable bonds is 5. The summed E-state index contributed by atoms with van der Waals surface area (Å²) in [5.41, 5.74) is 2.43. The molecule has 0 aromatic carbocycles. The van der Waals surface area contributed by atoms with Crippen LogP contribution < -0.4 is 5.32 Å². The highest BCUT2D eigenvalue weighted by Crippen LogP contribution is 2.32. The first kappa shape index (κ1) is 14.2. The molecule has 2 aromatic rings. The van der Waals surface area contributed by atoms with Crippen molar-refractivity contribution in [3.05, 3.63) is 37.2 Å². The maximum Gasteiger partial charge on any atom is 0.0768 e. The van der Waals surface area contributed by atoms with Gasteiger partial charge in [0.2, 0.25) is 0 Å². The molecule has 0 aliphatic carbocycles. The van der Waals surface area contributed by atoms with Gasteiger partial charge in [-0.25, -0.2) is 0 Å². The van der Waals surface area contributed by atoms with Gasteiger partial charge in [-0.2, -0.15) is 5.10 Å². The monoisotopic (exact) mass is 391 g/mol. The Hall–Kier alpha value is -0.170. The minimum absolute atomic E-state index is 0.175. The number of halogens is 2. The first-order valence-corrected chi connectivity index (χ1v) is 8.24. The Labute approximate surface area is 128 Å². The van der Waals surface area contributed by atoms with E-state index in [0.717, 1.165) is 26.9 Å². The van der Waals surface area contributed by atoms with E-state index in [-0.39, 0.29) is 6.04 Å². The standard InChI is InChI=1S/C12H15Br2N3S/c1-3-4-15-11(8-5-10(14)18-7-8)12-9(13)6-16-17(12)2/h5-7,11,15H,3-4H2,1-2H3. The minimum Gasteiger partial charge on any atom is -0.305 e. The van der Waals surface area contributed by atoms with Gasteiger partial charge in [0.05, 0.1) is 26.2 Å². The van der Waals surface area contributed by atoms with Gasteiger partial charge in [-0.1, -0.05) is 6.92 Å². The van der Waals surface area contributed by atoms with Crippen LogP contribution in [0, 0.1) is 0 Å². The lowest BCUT2D eigenvalue weighted by atomic mass is 10.1. The third kappa shape index (κ3) is 3.04. The van der Waals surface area contributed by atoms with Gasteiger partial charge >= 0.3 is 0 Å². The van der Waals surface area contributed by atoms with E-state index in [4.69, 9.17) is 0 Å². The Morgan fingerprint density at radius 3 is 2.78 bits per heavy atom. The van der Waals surface area contributed by atoms with Crippen molar-refractivity contribution < 1.29 is 0 Å². The van der Waals surface area contributed by atoms with Crippen LogP contribution in [0.15, 0.2) is 25.9 Å².